The lowest BCUT2D eigenvalue weighted by molar-refractivity contribution is -0.115. The molecule has 0 aliphatic carbocycles. The molecular weight excluding hydrogens is 312 g/mol. The van der Waals surface area contributed by atoms with Crippen LogP contribution in [0, 0.1) is 13.8 Å². The zero-order chi connectivity index (χ0) is 14.5. The number of nitrogens with one attached hydrogen (secondary N) is 1. The maximum Gasteiger partial charge on any atom is 0.226 e. The second-order valence-electron chi connectivity index (χ2n) is 4.24. The first-order valence-electron chi connectivity index (χ1n) is 6.17. The molecule has 0 atom stereocenters. The van der Waals surface area contributed by atoms with Gasteiger partial charge in [0.25, 0.3) is 0 Å². The minimum Gasteiger partial charge on any atom is -0.302 e. The second kappa shape index (κ2) is 7.11. The van der Waals surface area contributed by atoms with Crippen LogP contribution >= 0.6 is 34.7 Å². The molecule has 6 heteroatoms. The molecule has 0 aliphatic rings. The van der Waals surface area contributed by atoms with Crippen molar-refractivity contribution in [2.24, 2.45) is 0 Å². The number of hydrogen-bond acceptors (Lipinski definition) is 4. The number of halogens is 1. The number of nitrogens with zero attached hydrogens (tertiary/aromatic N) is 1. The highest BCUT2D eigenvalue weighted by Gasteiger charge is 2.08. The summed E-state index contributed by atoms with van der Waals surface area (Å²) in [6.07, 6.45) is 0.438. The van der Waals surface area contributed by atoms with Crippen molar-refractivity contribution in [3.8, 4) is 0 Å². The lowest BCUT2D eigenvalue weighted by atomic mass is 10.4. The number of aryl methyl sites for hydroxylation is 2. The summed E-state index contributed by atoms with van der Waals surface area (Å²) in [5.74, 6) is 0.678. The van der Waals surface area contributed by atoms with Gasteiger partial charge in [0.2, 0.25) is 5.91 Å². The maximum atomic E-state index is 11.8. The Bertz CT molecular complexity index is 593. The van der Waals surface area contributed by atoms with Gasteiger partial charge in [0, 0.05) is 21.9 Å². The average Bonchev–Trinajstić information content (AvgIpc) is 2.70. The van der Waals surface area contributed by atoms with E-state index in [9.17, 15) is 4.79 Å². The van der Waals surface area contributed by atoms with Gasteiger partial charge in [-0.3, -0.25) is 4.79 Å². The van der Waals surface area contributed by atoms with Gasteiger partial charge in [0.15, 0.2) is 5.13 Å². The zero-order valence-corrected chi connectivity index (χ0v) is 13.7. The van der Waals surface area contributed by atoms with E-state index in [0.29, 0.717) is 17.3 Å². The molecule has 0 saturated carbocycles. The number of carbonyl (C=O) groups excluding carboxylic acids is 1. The summed E-state index contributed by atoms with van der Waals surface area (Å²) in [6, 6.07) is 7.64. The third-order valence-corrected chi connectivity index (χ3v) is 5.20. The van der Waals surface area contributed by atoms with Crippen molar-refractivity contribution in [1.82, 2.24) is 4.98 Å². The quantitative estimate of drug-likeness (QED) is 0.820. The molecule has 1 N–H and O–H groups in total. The highest BCUT2D eigenvalue weighted by Crippen LogP contribution is 2.27. The number of hydrogen-bond donors (Lipinski definition) is 1. The predicted octanol–water partition coefficient (Wildman–Crippen LogP) is 4.53. The lowest BCUT2D eigenvalue weighted by Crippen LogP contribution is -2.11. The average molecular weight is 327 g/mol. The summed E-state index contributed by atoms with van der Waals surface area (Å²) in [6.45, 7) is 3.94. The van der Waals surface area contributed by atoms with Crippen molar-refractivity contribution in [3.63, 3.8) is 0 Å². The van der Waals surface area contributed by atoms with E-state index in [4.69, 9.17) is 11.6 Å². The highest BCUT2D eigenvalue weighted by molar-refractivity contribution is 7.99. The van der Waals surface area contributed by atoms with Gasteiger partial charge in [-0.25, -0.2) is 4.98 Å². The second-order valence-corrected chi connectivity index (χ2v) is 6.98. The van der Waals surface area contributed by atoms with Crippen molar-refractivity contribution >= 4 is 45.7 Å². The van der Waals surface area contributed by atoms with Gasteiger partial charge in [0.05, 0.1) is 10.7 Å². The van der Waals surface area contributed by atoms with Gasteiger partial charge in [-0.15, -0.1) is 23.1 Å². The largest absolute Gasteiger partial charge is 0.302 e. The van der Waals surface area contributed by atoms with Crippen molar-refractivity contribution < 1.29 is 4.79 Å². The molecule has 1 heterocycles. The molecule has 1 amide bonds. The molecule has 106 valence electrons. The molecule has 0 unspecified atom stereocenters. The van der Waals surface area contributed by atoms with Gasteiger partial charge < -0.3 is 5.32 Å². The Morgan fingerprint density at radius 3 is 2.80 bits per heavy atom. The number of benzene rings is 1. The van der Waals surface area contributed by atoms with Crippen LogP contribution in [0.4, 0.5) is 5.13 Å². The number of rotatable bonds is 5. The summed E-state index contributed by atoms with van der Waals surface area (Å²) < 4.78 is 0. The fourth-order valence-corrected chi connectivity index (χ4v) is 3.54. The van der Waals surface area contributed by atoms with Crippen LogP contribution in [0.2, 0.25) is 5.02 Å². The van der Waals surface area contributed by atoms with Crippen LogP contribution in [0.1, 0.15) is 17.0 Å². The molecule has 2 aromatic rings. The Balaban J connectivity index is 1.80. The first-order valence-corrected chi connectivity index (χ1v) is 8.35. The van der Waals surface area contributed by atoms with Crippen molar-refractivity contribution in [1.29, 1.82) is 0 Å². The van der Waals surface area contributed by atoms with Gasteiger partial charge in [-0.05, 0) is 26.0 Å². The standard InChI is InChI=1S/C14H15ClN2OS2/c1-9-10(2)20-14(16-9)17-13(18)7-8-19-12-6-4-3-5-11(12)15/h3-6H,7-8H2,1-2H3,(H,16,17,18). The van der Waals surface area contributed by atoms with Crippen LogP contribution in [-0.4, -0.2) is 16.6 Å². The molecule has 0 radical (unpaired) electrons. The van der Waals surface area contributed by atoms with E-state index >= 15 is 0 Å². The number of anilines is 1. The Kier molecular flexibility index (Phi) is 5.46. The van der Waals surface area contributed by atoms with Crippen LogP contribution in [-0.2, 0) is 4.79 Å². The number of amides is 1. The van der Waals surface area contributed by atoms with Crippen LogP contribution in [0.15, 0.2) is 29.2 Å². The molecule has 20 heavy (non-hydrogen) atoms. The van der Waals surface area contributed by atoms with Crippen molar-refractivity contribution in [2.75, 3.05) is 11.1 Å². The van der Waals surface area contributed by atoms with Gasteiger partial charge in [-0.2, -0.15) is 0 Å². The summed E-state index contributed by atoms with van der Waals surface area (Å²) in [4.78, 5) is 18.2. The number of thiazole rings is 1. The van der Waals surface area contributed by atoms with Gasteiger partial charge in [-0.1, -0.05) is 23.7 Å². The van der Waals surface area contributed by atoms with Gasteiger partial charge in [0.1, 0.15) is 0 Å². The molecular formula is C14H15ClN2OS2. The smallest absolute Gasteiger partial charge is 0.226 e. The van der Waals surface area contributed by atoms with E-state index in [2.05, 4.69) is 10.3 Å². The zero-order valence-electron chi connectivity index (χ0n) is 11.3. The Morgan fingerprint density at radius 1 is 1.40 bits per heavy atom. The molecule has 3 nitrogen and oxygen atoms in total. The van der Waals surface area contributed by atoms with E-state index in [0.717, 1.165) is 20.5 Å². The van der Waals surface area contributed by atoms with Crippen LogP contribution < -0.4 is 5.32 Å². The van der Waals surface area contributed by atoms with Crippen molar-refractivity contribution in [2.45, 2.75) is 25.2 Å². The highest BCUT2D eigenvalue weighted by atomic mass is 35.5. The normalized spacial score (nSPS) is 10.6. The van der Waals surface area contributed by atoms with Crippen LogP contribution in [0.3, 0.4) is 0 Å². The molecule has 0 saturated heterocycles. The molecule has 0 fully saturated rings. The molecule has 1 aromatic heterocycles. The minimum absolute atomic E-state index is 0.0155. The molecule has 0 bridgehead atoms. The number of aromatic nitrogens is 1. The fraction of sp³-hybridized carbons (Fsp3) is 0.286. The summed E-state index contributed by atoms with van der Waals surface area (Å²) in [5, 5.41) is 4.23. The third kappa shape index (κ3) is 4.23. The predicted molar refractivity (Wildman–Crippen MR) is 87.0 cm³/mol. The summed E-state index contributed by atoms with van der Waals surface area (Å²) >= 11 is 9.15. The van der Waals surface area contributed by atoms with E-state index in [1.165, 1.54) is 11.3 Å². The van der Waals surface area contributed by atoms with E-state index in [-0.39, 0.29) is 5.91 Å². The van der Waals surface area contributed by atoms with E-state index in [1.54, 1.807) is 11.8 Å². The summed E-state index contributed by atoms with van der Waals surface area (Å²) in [7, 11) is 0. The first kappa shape index (κ1) is 15.4. The topological polar surface area (TPSA) is 42.0 Å². The SMILES string of the molecule is Cc1nc(NC(=O)CCSc2ccccc2Cl)sc1C. The maximum absolute atomic E-state index is 11.8. The minimum atomic E-state index is -0.0155. The number of thioether (sulfide) groups is 1. The van der Waals surface area contributed by atoms with Crippen LogP contribution in [0.5, 0.6) is 0 Å². The van der Waals surface area contributed by atoms with Crippen LogP contribution in [0.25, 0.3) is 0 Å². The fourth-order valence-electron chi connectivity index (χ4n) is 1.52. The monoisotopic (exact) mass is 326 g/mol. The molecule has 2 rings (SSSR count). The Hall–Kier alpha value is -1.04. The van der Waals surface area contributed by atoms with Gasteiger partial charge >= 0.3 is 0 Å². The van der Waals surface area contributed by atoms with E-state index in [1.807, 2.05) is 38.1 Å². The molecule has 0 spiro atoms. The van der Waals surface area contributed by atoms with Crippen molar-refractivity contribution in [3.05, 3.63) is 39.9 Å². The summed E-state index contributed by atoms with van der Waals surface area (Å²) in [5.41, 5.74) is 0.968. The number of carbonyl (C=O) groups is 1. The molecule has 1 aromatic carbocycles. The lowest BCUT2D eigenvalue weighted by Gasteiger charge is -2.04. The third-order valence-electron chi connectivity index (χ3n) is 2.70. The Morgan fingerprint density at radius 2 is 2.15 bits per heavy atom. The Labute approximate surface area is 131 Å². The van der Waals surface area contributed by atoms with E-state index < -0.39 is 0 Å². The molecule has 0 aliphatic heterocycles. The first-order chi connectivity index (χ1) is 9.56.